The van der Waals surface area contributed by atoms with Crippen molar-refractivity contribution in [3.63, 3.8) is 0 Å². The number of rotatable bonds is 5. The zero-order chi connectivity index (χ0) is 18.3. The lowest BCUT2D eigenvalue weighted by molar-refractivity contribution is -0.122. The number of amides is 1. The highest BCUT2D eigenvalue weighted by atomic mass is 32.1. The predicted octanol–water partition coefficient (Wildman–Crippen LogP) is 1.62. The molecule has 0 aliphatic carbocycles. The maximum absolute atomic E-state index is 12.7. The first kappa shape index (κ1) is 17.2. The van der Waals surface area contributed by atoms with Gasteiger partial charge in [0.1, 0.15) is 17.9 Å². The van der Waals surface area contributed by atoms with Crippen molar-refractivity contribution in [2.24, 2.45) is 0 Å². The third-order valence-corrected chi connectivity index (χ3v) is 6.05. The summed E-state index contributed by atoms with van der Waals surface area (Å²) < 4.78 is 4.19. The van der Waals surface area contributed by atoms with Gasteiger partial charge in [-0.05, 0) is 50.4 Å². The van der Waals surface area contributed by atoms with Crippen molar-refractivity contribution < 1.29 is 4.79 Å². The van der Waals surface area contributed by atoms with Crippen molar-refractivity contribution >= 4 is 33.0 Å². The number of hydrogen-bond acceptors (Lipinski definition) is 5. The smallest absolute Gasteiger partial charge is 0.291 e. The van der Waals surface area contributed by atoms with Crippen molar-refractivity contribution in [3.8, 4) is 0 Å². The lowest BCUT2D eigenvalue weighted by Gasteiger charge is -2.22. The molecular formula is C18H23N5O2S. The molecule has 3 aromatic heterocycles. The molecule has 7 nitrogen and oxygen atoms in total. The summed E-state index contributed by atoms with van der Waals surface area (Å²) >= 11 is 1.59. The van der Waals surface area contributed by atoms with Crippen LogP contribution in [-0.2, 0) is 11.3 Å². The van der Waals surface area contributed by atoms with Gasteiger partial charge < -0.3 is 5.32 Å². The van der Waals surface area contributed by atoms with Crippen LogP contribution in [0.3, 0.4) is 0 Å². The monoisotopic (exact) mass is 373 g/mol. The fourth-order valence-corrected chi connectivity index (χ4v) is 4.71. The Bertz CT molecular complexity index is 1020. The Morgan fingerprint density at radius 2 is 2.27 bits per heavy atom. The summed E-state index contributed by atoms with van der Waals surface area (Å²) in [5, 5.41) is 9.32. The van der Waals surface area contributed by atoms with Gasteiger partial charge in [0.2, 0.25) is 5.91 Å². The van der Waals surface area contributed by atoms with E-state index in [1.54, 1.807) is 11.3 Å². The molecule has 3 aromatic rings. The van der Waals surface area contributed by atoms with Gasteiger partial charge in [0, 0.05) is 12.6 Å². The molecule has 0 aromatic carbocycles. The molecule has 1 fully saturated rings. The van der Waals surface area contributed by atoms with E-state index in [9.17, 15) is 9.59 Å². The number of aryl methyl sites for hydroxylation is 1. The maximum Gasteiger partial charge on any atom is 0.291 e. The third kappa shape index (κ3) is 2.93. The number of nitrogens with one attached hydrogen (secondary N) is 1. The van der Waals surface area contributed by atoms with Crippen LogP contribution in [0.2, 0.25) is 0 Å². The van der Waals surface area contributed by atoms with Gasteiger partial charge in [-0.3, -0.25) is 18.9 Å². The fraction of sp³-hybridized carbons (Fsp3) is 0.500. The highest BCUT2D eigenvalue weighted by Gasteiger charge is 2.23. The van der Waals surface area contributed by atoms with Crippen LogP contribution in [-0.4, -0.2) is 50.7 Å². The number of likely N-dealkylation sites (tertiary alicyclic amines) is 1. The van der Waals surface area contributed by atoms with Crippen LogP contribution in [0.15, 0.2) is 22.3 Å². The number of nitrogens with zero attached hydrogens (tertiary/aromatic N) is 4. The second-order valence-corrected chi connectivity index (χ2v) is 7.72. The van der Waals surface area contributed by atoms with Gasteiger partial charge in [0.25, 0.3) is 5.56 Å². The van der Waals surface area contributed by atoms with Crippen LogP contribution >= 0.6 is 11.3 Å². The summed E-state index contributed by atoms with van der Waals surface area (Å²) in [7, 11) is 0. The molecular weight excluding hydrogens is 350 g/mol. The van der Waals surface area contributed by atoms with E-state index >= 15 is 0 Å². The van der Waals surface area contributed by atoms with Crippen molar-refractivity contribution in [3.05, 3.63) is 33.7 Å². The quantitative estimate of drug-likeness (QED) is 0.738. The van der Waals surface area contributed by atoms with Crippen LogP contribution in [0, 0.1) is 6.92 Å². The minimum atomic E-state index is -0.231. The molecule has 8 heteroatoms. The molecule has 1 atom stereocenters. The Morgan fingerprint density at radius 1 is 1.42 bits per heavy atom. The van der Waals surface area contributed by atoms with Crippen LogP contribution in [0.1, 0.15) is 25.6 Å². The largest absolute Gasteiger partial charge is 0.353 e. The average molecular weight is 373 g/mol. The van der Waals surface area contributed by atoms with Crippen molar-refractivity contribution in [2.75, 3.05) is 19.6 Å². The molecule has 0 saturated carbocycles. The van der Waals surface area contributed by atoms with Gasteiger partial charge in [-0.15, -0.1) is 11.3 Å². The van der Waals surface area contributed by atoms with E-state index in [-0.39, 0.29) is 18.0 Å². The summed E-state index contributed by atoms with van der Waals surface area (Å²) in [4.78, 5) is 27.5. The Kier molecular flexibility index (Phi) is 4.54. The van der Waals surface area contributed by atoms with E-state index in [1.165, 1.54) is 11.1 Å². The van der Waals surface area contributed by atoms with E-state index in [2.05, 4.69) is 22.2 Å². The zero-order valence-corrected chi connectivity index (χ0v) is 15.9. The van der Waals surface area contributed by atoms with E-state index in [4.69, 9.17) is 0 Å². The molecule has 0 spiro atoms. The lowest BCUT2D eigenvalue weighted by Crippen LogP contribution is -2.42. The first-order valence-electron chi connectivity index (χ1n) is 9.05. The molecule has 4 rings (SSSR count). The van der Waals surface area contributed by atoms with Crippen LogP contribution < -0.4 is 10.9 Å². The van der Waals surface area contributed by atoms with Gasteiger partial charge in [-0.2, -0.15) is 5.10 Å². The third-order valence-electron chi connectivity index (χ3n) is 5.20. The number of fused-ring (bicyclic) bond motifs is 3. The number of carbonyl (C=O) groups is 1. The average Bonchev–Trinajstić information content (AvgIpc) is 3.32. The molecule has 0 bridgehead atoms. The van der Waals surface area contributed by atoms with Crippen molar-refractivity contribution in [2.45, 2.75) is 39.3 Å². The Labute approximate surface area is 155 Å². The second-order valence-electron chi connectivity index (χ2n) is 6.77. The van der Waals surface area contributed by atoms with Gasteiger partial charge in [0.05, 0.1) is 10.2 Å². The zero-order valence-electron chi connectivity index (χ0n) is 15.1. The normalized spacial score (nSPS) is 18.2. The molecule has 1 saturated heterocycles. The standard InChI is InChI=1S/C18H23N5O2S/c1-3-21-7-4-5-13(21)10-19-17(24)11-22-18(25)15-9-16-14(6-8-26-16)23(15)12(2)20-22/h6,8-9,13H,3-5,7,10-11H2,1-2H3,(H,19,24). The topological polar surface area (TPSA) is 71.6 Å². The molecule has 0 radical (unpaired) electrons. The summed E-state index contributed by atoms with van der Waals surface area (Å²) in [6, 6.07) is 4.26. The van der Waals surface area contributed by atoms with Gasteiger partial charge in [-0.25, -0.2) is 4.68 Å². The molecule has 4 heterocycles. The molecule has 1 aliphatic rings. The van der Waals surface area contributed by atoms with E-state index in [0.717, 1.165) is 29.7 Å². The molecule has 26 heavy (non-hydrogen) atoms. The van der Waals surface area contributed by atoms with Gasteiger partial charge in [0.15, 0.2) is 0 Å². The fourth-order valence-electron chi connectivity index (χ4n) is 3.90. The van der Waals surface area contributed by atoms with E-state index in [1.807, 2.05) is 28.8 Å². The minimum absolute atomic E-state index is 0.0478. The molecule has 1 N–H and O–H groups in total. The van der Waals surface area contributed by atoms with Crippen molar-refractivity contribution in [1.29, 1.82) is 0 Å². The summed E-state index contributed by atoms with van der Waals surface area (Å²) in [6.07, 6.45) is 2.29. The maximum atomic E-state index is 12.7. The second kappa shape index (κ2) is 6.85. The molecule has 1 unspecified atom stereocenters. The van der Waals surface area contributed by atoms with Crippen molar-refractivity contribution in [1.82, 2.24) is 24.4 Å². The first-order valence-corrected chi connectivity index (χ1v) is 9.93. The highest BCUT2D eigenvalue weighted by Crippen LogP contribution is 2.24. The number of hydrogen-bond donors (Lipinski definition) is 1. The lowest BCUT2D eigenvalue weighted by atomic mass is 10.2. The number of aromatic nitrogens is 3. The SMILES string of the molecule is CCN1CCCC1CNC(=O)Cn1nc(C)n2c(cc3sccc32)c1=O. The molecule has 138 valence electrons. The molecule has 1 aliphatic heterocycles. The van der Waals surface area contributed by atoms with Gasteiger partial charge >= 0.3 is 0 Å². The number of thiophene rings is 1. The van der Waals surface area contributed by atoms with Gasteiger partial charge in [-0.1, -0.05) is 6.92 Å². The summed E-state index contributed by atoms with van der Waals surface area (Å²) in [5.74, 6) is 0.536. The number of likely N-dealkylation sites (N-methyl/N-ethyl adjacent to an activating group) is 1. The summed E-state index contributed by atoms with van der Waals surface area (Å²) in [6.45, 7) is 6.68. The highest BCUT2D eigenvalue weighted by molar-refractivity contribution is 7.17. The first-order chi connectivity index (χ1) is 12.6. The Hall–Kier alpha value is -2.19. The Morgan fingerprint density at radius 3 is 3.08 bits per heavy atom. The van der Waals surface area contributed by atoms with Crippen LogP contribution in [0.25, 0.3) is 15.7 Å². The molecule has 1 amide bonds. The summed E-state index contributed by atoms with van der Waals surface area (Å²) in [5.41, 5.74) is 1.33. The van der Waals surface area contributed by atoms with E-state index < -0.39 is 0 Å². The minimum Gasteiger partial charge on any atom is -0.353 e. The van der Waals surface area contributed by atoms with Crippen LogP contribution in [0.5, 0.6) is 0 Å². The van der Waals surface area contributed by atoms with Crippen LogP contribution in [0.4, 0.5) is 0 Å². The van der Waals surface area contributed by atoms with E-state index in [0.29, 0.717) is 23.9 Å². The Balaban J connectivity index is 1.52. The number of carbonyl (C=O) groups excluding carboxylic acids is 1. The predicted molar refractivity (Wildman–Crippen MR) is 103 cm³/mol.